The molecular weight excluding hydrogens is 403 g/mol. The Labute approximate surface area is 150 Å². The minimum atomic E-state index is -0.823. The van der Waals surface area contributed by atoms with Crippen molar-refractivity contribution in [2.24, 2.45) is 5.73 Å². The van der Waals surface area contributed by atoms with E-state index in [0.29, 0.717) is 19.6 Å². The summed E-state index contributed by atoms with van der Waals surface area (Å²) >= 11 is 2.17. The number of rotatable bonds is 4. The Kier molecular flexibility index (Phi) is 5.03. The fourth-order valence-corrected chi connectivity index (χ4v) is 3.84. The van der Waals surface area contributed by atoms with Gasteiger partial charge in [-0.15, -0.1) is 0 Å². The number of nitrogens with zero attached hydrogens (tertiary/aromatic N) is 1. The molecule has 3 atom stereocenters. The molecule has 1 fully saturated rings. The lowest BCUT2D eigenvalue weighted by molar-refractivity contribution is 0.0346. The van der Waals surface area contributed by atoms with Crippen LogP contribution in [0.4, 0.5) is 0 Å². The zero-order chi connectivity index (χ0) is 16.4. The van der Waals surface area contributed by atoms with Crippen molar-refractivity contribution >= 4 is 22.6 Å². The van der Waals surface area contributed by atoms with Crippen LogP contribution in [0.25, 0.3) is 11.1 Å². The van der Waals surface area contributed by atoms with Crippen molar-refractivity contribution in [3.8, 4) is 11.1 Å². The maximum atomic E-state index is 10.2. The minimum absolute atomic E-state index is 0.299. The molecule has 0 aromatic heterocycles. The Morgan fingerprint density at radius 2 is 1.65 bits per heavy atom. The first-order chi connectivity index (χ1) is 11.0. The highest BCUT2D eigenvalue weighted by molar-refractivity contribution is 14.1. The fourth-order valence-electron chi connectivity index (χ4n) is 3.06. The Morgan fingerprint density at radius 3 is 2.26 bits per heavy atom. The van der Waals surface area contributed by atoms with Gasteiger partial charge in [-0.3, -0.25) is 4.90 Å². The molecule has 1 aliphatic heterocycles. The highest BCUT2D eigenvalue weighted by atomic mass is 127. The van der Waals surface area contributed by atoms with Crippen LogP contribution >= 0.6 is 22.6 Å². The summed E-state index contributed by atoms with van der Waals surface area (Å²) in [6, 6.07) is 18.6. The number of nitrogens with two attached hydrogens (primary N) is 1. The molecule has 0 radical (unpaired) electrons. The van der Waals surface area contributed by atoms with Crippen LogP contribution in [0.1, 0.15) is 5.56 Å². The summed E-state index contributed by atoms with van der Waals surface area (Å²) in [5.74, 6) is 0. The summed E-state index contributed by atoms with van der Waals surface area (Å²) in [5, 5.41) is 20.1. The molecule has 4 nitrogen and oxygen atoms in total. The van der Waals surface area contributed by atoms with E-state index in [1.807, 2.05) is 18.2 Å². The molecule has 0 spiro atoms. The van der Waals surface area contributed by atoms with E-state index in [-0.39, 0.29) is 0 Å². The van der Waals surface area contributed by atoms with Gasteiger partial charge in [0.2, 0.25) is 0 Å². The number of benzene rings is 2. The van der Waals surface area contributed by atoms with Crippen LogP contribution < -0.4 is 5.73 Å². The molecule has 3 rings (SSSR count). The molecule has 1 saturated heterocycles. The molecule has 0 saturated carbocycles. The molecule has 0 amide bonds. The summed E-state index contributed by atoms with van der Waals surface area (Å²) in [5.41, 5.74) is 9.35. The molecule has 5 heteroatoms. The molecule has 122 valence electrons. The quantitative estimate of drug-likeness (QED) is 0.399. The summed E-state index contributed by atoms with van der Waals surface area (Å²) in [6.45, 7) is 1.39. The molecule has 0 bridgehead atoms. The van der Waals surface area contributed by atoms with Gasteiger partial charge in [0.05, 0.1) is 6.10 Å². The predicted octanol–water partition coefficient (Wildman–Crippen LogP) is 1.98. The third kappa shape index (κ3) is 3.29. The molecule has 23 heavy (non-hydrogen) atoms. The Bertz CT molecular complexity index is 650. The summed E-state index contributed by atoms with van der Waals surface area (Å²) in [7, 11) is 0. The first-order valence-electron chi connectivity index (χ1n) is 7.69. The highest BCUT2D eigenvalue weighted by Crippen LogP contribution is 2.36. The Morgan fingerprint density at radius 1 is 1.04 bits per heavy atom. The van der Waals surface area contributed by atoms with Crippen molar-refractivity contribution in [1.82, 2.24) is 4.90 Å². The molecular formula is C18H21IN2O2. The largest absolute Gasteiger partial charge is 0.389 e. The number of hydrogen-bond donors (Lipinski definition) is 3. The van der Waals surface area contributed by atoms with Crippen LogP contribution in [-0.4, -0.2) is 44.0 Å². The second-order valence-electron chi connectivity index (χ2n) is 5.98. The second-order valence-corrected chi connectivity index (χ2v) is 7.85. The van der Waals surface area contributed by atoms with E-state index in [2.05, 4.69) is 63.9 Å². The normalized spacial score (nSPS) is 28.2. The van der Waals surface area contributed by atoms with E-state index in [9.17, 15) is 10.2 Å². The molecule has 4 N–H and O–H groups in total. The number of likely N-dealkylation sites (tertiary alicyclic amines) is 1. The number of aliphatic hydroxyl groups is 2. The van der Waals surface area contributed by atoms with Gasteiger partial charge in [0.1, 0.15) is 9.65 Å². The third-order valence-corrected chi connectivity index (χ3v) is 6.23. The van der Waals surface area contributed by atoms with Crippen molar-refractivity contribution in [2.75, 3.05) is 13.1 Å². The Hall–Kier alpha value is -0.990. The van der Waals surface area contributed by atoms with E-state index in [1.54, 1.807) is 0 Å². The van der Waals surface area contributed by atoms with E-state index >= 15 is 0 Å². The van der Waals surface area contributed by atoms with Gasteiger partial charge < -0.3 is 15.9 Å². The van der Waals surface area contributed by atoms with Crippen LogP contribution in [0.5, 0.6) is 0 Å². The molecule has 1 aliphatic rings. The van der Waals surface area contributed by atoms with Crippen LogP contribution in [-0.2, 0) is 6.54 Å². The lowest BCUT2D eigenvalue weighted by Gasteiger charge is -2.34. The number of halogens is 1. The van der Waals surface area contributed by atoms with Gasteiger partial charge in [-0.25, -0.2) is 0 Å². The number of aliphatic hydroxyl groups excluding tert-OH is 2. The second kappa shape index (κ2) is 6.86. The van der Waals surface area contributed by atoms with Gasteiger partial charge in [-0.05, 0) is 16.7 Å². The van der Waals surface area contributed by atoms with Gasteiger partial charge in [0.15, 0.2) is 0 Å². The molecule has 3 unspecified atom stereocenters. The maximum absolute atomic E-state index is 10.2. The summed E-state index contributed by atoms with van der Waals surface area (Å²) in [6.07, 6.45) is -1.57. The summed E-state index contributed by atoms with van der Waals surface area (Å²) in [4.78, 5) is 2.06. The molecule has 0 aliphatic carbocycles. The smallest absolute Gasteiger partial charge is 0.114 e. The minimum Gasteiger partial charge on any atom is -0.389 e. The lowest BCUT2D eigenvalue weighted by atomic mass is 10.0. The van der Waals surface area contributed by atoms with Crippen molar-refractivity contribution < 1.29 is 10.2 Å². The zero-order valence-corrected chi connectivity index (χ0v) is 14.9. The number of hydrogen-bond acceptors (Lipinski definition) is 4. The van der Waals surface area contributed by atoms with Gasteiger partial charge in [-0.1, -0.05) is 77.2 Å². The molecule has 2 aromatic carbocycles. The third-order valence-electron chi connectivity index (χ3n) is 4.47. The first kappa shape index (κ1) is 16.9. The van der Waals surface area contributed by atoms with Crippen LogP contribution in [0.15, 0.2) is 54.6 Å². The average molecular weight is 424 g/mol. The van der Waals surface area contributed by atoms with Crippen molar-refractivity contribution in [3.05, 3.63) is 60.2 Å². The van der Waals surface area contributed by atoms with E-state index in [1.165, 1.54) is 11.1 Å². The van der Waals surface area contributed by atoms with Crippen molar-refractivity contribution in [2.45, 2.75) is 22.3 Å². The van der Waals surface area contributed by atoms with Crippen LogP contribution in [0, 0.1) is 0 Å². The van der Waals surface area contributed by atoms with E-state index in [0.717, 1.165) is 5.56 Å². The SMILES string of the molecule is NCC1(I)C(O)C(O)CN1Cc1ccc(-c2ccccc2)cc1. The van der Waals surface area contributed by atoms with Crippen molar-refractivity contribution in [1.29, 1.82) is 0 Å². The zero-order valence-electron chi connectivity index (χ0n) is 12.8. The monoisotopic (exact) mass is 424 g/mol. The van der Waals surface area contributed by atoms with Gasteiger partial charge in [0, 0.05) is 19.6 Å². The topological polar surface area (TPSA) is 69.7 Å². The summed E-state index contributed by atoms with van der Waals surface area (Å²) < 4.78 is -0.616. The van der Waals surface area contributed by atoms with E-state index in [4.69, 9.17) is 5.73 Å². The van der Waals surface area contributed by atoms with Gasteiger partial charge in [-0.2, -0.15) is 0 Å². The van der Waals surface area contributed by atoms with Gasteiger partial charge in [0.25, 0.3) is 0 Å². The first-order valence-corrected chi connectivity index (χ1v) is 8.77. The van der Waals surface area contributed by atoms with E-state index < -0.39 is 15.8 Å². The number of alkyl halides is 1. The Balaban J connectivity index is 1.76. The standard InChI is InChI=1S/C18H21IN2O2/c19-18(12-20)17(23)16(22)11-21(18)10-13-6-8-15(9-7-13)14-4-2-1-3-5-14/h1-9,16-17,22-23H,10-12,20H2. The molecule has 2 aromatic rings. The van der Waals surface area contributed by atoms with Crippen LogP contribution in [0.2, 0.25) is 0 Å². The predicted molar refractivity (Wildman–Crippen MR) is 100 cm³/mol. The van der Waals surface area contributed by atoms with Crippen molar-refractivity contribution in [3.63, 3.8) is 0 Å². The highest BCUT2D eigenvalue weighted by Gasteiger charge is 2.50. The number of β-amino-alcohol motifs (C(OH)–C–C–N with tert-alkyl or cyclic N) is 1. The lowest BCUT2D eigenvalue weighted by Crippen LogP contribution is -2.51. The van der Waals surface area contributed by atoms with Gasteiger partial charge >= 0.3 is 0 Å². The maximum Gasteiger partial charge on any atom is 0.114 e. The average Bonchev–Trinajstić information content (AvgIpc) is 2.81. The fraction of sp³-hybridized carbons (Fsp3) is 0.333. The van der Waals surface area contributed by atoms with Crippen LogP contribution in [0.3, 0.4) is 0 Å². The molecule has 1 heterocycles.